The van der Waals surface area contributed by atoms with Gasteiger partial charge in [0.2, 0.25) is 5.91 Å². The third-order valence-electron chi connectivity index (χ3n) is 3.44. The number of carbonyl (C=O) groups excluding carboxylic acids is 1. The van der Waals surface area contributed by atoms with Crippen LogP contribution in [-0.2, 0) is 4.79 Å². The van der Waals surface area contributed by atoms with Crippen molar-refractivity contribution in [3.63, 3.8) is 0 Å². The van der Waals surface area contributed by atoms with E-state index in [1.165, 1.54) is 11.1 Å². The molecule has 2 heteroatoms. The topological polar surface area (TPSA) is 20.3 Å². The van der Waals surface area contributed by atoms with Crippen LogP contribution in [0.5, 0.6) is 0 Å². The lowest BCUT2D eigenvalue weighted by Crippen LogP contribution is -2.31. The van der Waals surface area contributed by atoms with Crippen molar-refractivity contribution in [2.45, 2.75) is 32.6 Å². The number of benzene rings is 1. The Morgan fingerprint density at radius 3 is 2.50 bits per heavy atom. The first-order valence-corrected chi connectivity index (χ1v) is 6.04. The molecule has 16 heavy (non-hydrogen) atoms. The zero-order chi connectivity index (χ0) is 11.5. The molecule has 0 aliphatic carbocycles. The second-order valence-corrected chi connectivity index (χ2v) is 4.61. The lowest BCUT2D eigenvalue weighted by atomic mass is 9.95. The van der Waals surface area contributed by atoms with Gasteiger partial charge in [0.25, 0.3) is 0 Å². The molecule has 1 amide bonds. The number of hydrogen-bond donors (Lipinski definition) is 0. The first kappa shape index (κ1) is 11.2. The summed E-state index contributed by atoms with van der Waals surface area (Å²) in [6.45, 7) is 5.97. The highest BCUT2D eigenvalue weighted by atomic mass is 16.2. The molecular formula is C14H19NO. The Morgan fingerprint density at radius 1 is 1.25 bits per heavy atom. The van der Waals surface area contributed by atoms with E-state index in [0.717, 1.165) is 25.9 Å². The van der Waals surface area contributed by atoms with Crippen molar-refractivity contribution in [3.05, 3.63) is 35.4 Å². The molecule has 0 radical (unpaired) electrons. The highest BCUT2D eigenvalue weighted by Crippen LogP contribution is 2.23. The highest BCUT2D eigenvalue weighted by molar-refractivity contribution is 5.83. The summed E-state index contributed by atoms with van der Waals surface area (Å²) in [7, 11) is 0. The summed E-state index contributed by atoms with van der Waals surface area (Å²) >= 11 is 0. The quantitative estimate of drug-likeness (QED) is 0.746. The molecule has 0 bridgehead atoms. The Labute approximate surface area is 97.3 Å². The summed E-state index contributed by atoms with van der Waals surface area (Å²) in [4.78, 5) is 14.2. The first-order valence-electron chi connectivity index (χ1n) is 6.04. The van der Waals surface area contributed by atoms with Gasteiger partial charge in [0.05, 0.1) is 5.92 Å². The molecule has 1 atom stereocenters. The number of likely N-dealkylation sites (tertiary alicyclic amines) is 1. The molecular weight excluding hydrogens is 198 g/mol. The average molecular weight is 217 g/mol. The Bertz CT molecular complexity index is 380. The maximum Gasteiger partial charge on any atom is 0.229 e. The Morgan fingerprint density at radius 2 is 1.88 bits per heavy atom. The maximum atomic E-state index is 12.2. The molecule has 1 aromatic rings. The van der Waals surface area contributed by atoms with Crippen LogP contribution in [-0.4, -0.2) is 23.9 Å². The summed E-state index contributed by atoms with van der Waals surface area (Å²) in [6.07, 6.45) is 2.32. The summed E-state index contributed by atoms with van der Waals surface area (Å²) in [5, 5.41) is 0. The third kappa shape index (κ3) is 2.11. The van der Waals surface area contributed by atoms with E-state index >= 15 is 0 Å². The van der Waals surface area contributed by atoms with Crippen molar-refractivity contribution in [3.8, 4) is 0 Å². The van der Waals surface area contributed by atoms with Crippen molar-refractivity contribution in [1.29, 1.82) is 0 Å². The van der Waals surface area contributed by atoms with Gasteiger partial charge in [-0.05, 0) is 37.8 Å². The molecule has 1 aromatic carbocycles. The lowest BCUT2D eigenvalue weighted by molar-refractivity contribution is -0.131. The van der Waals surface area contributed by atoms with Crippen molar-refractivity contribution in [2.24, 2.45) is 0 Å². The van der Waals surface area contributed by atoms with Crippen LogP contribution in [0.1, 0.15) is 36.8 Å². The number of amides is 1. The Kier molecular flexibility index (Phi) is 3.28. The molecule has 2 nitrogen and oxygen atoms in total. The monoisotopic (exact) mass is 217 g/mol. The van der Waals surface area contributed by atoms with Crippen LogP contribution >= 0.6 is 0 Å². The van der Waals surface area contributed by atoms with Crippen molar-refractivity contribution < 1.29 is 4.79 Å². The van der Waals surface area contributed by atoms with E-state index in [2.05, 4.69) is 19.1 Å². The fourth-order valence-corrected chi connectivity index (χ4v) is 2.42. The van der Waals surface area contributed by atoms with Gasteiger partial charge in [-0.1, -0.05) is 24.3 Å². The number of aryl methyl sites for hydroxylation is 1. The largest absolute Gasteiger partial charge is 0.342 e. The number of nitrogens with zero attached hydrogens (tertiary/aromatic N) is 1. The second kappa shape index (κ2) is 4.69. The van der Waals surface area contributed by atoms with Gasteiger partial charge in [0.1, 0.15) is 0 Å². The molecule has 0 spiro atoms. The van der Waals surface area contributed by atoms with Gasteiger partial charge in [-0.15, -0.1) is 0 Å². The standard InChI is InChI=1S/C14H19NO/c1-11-7-3-4-8-13(11)12(2)14(16)15-9-5-6-10-15/h3-4,7-8,12H,5-6,9-10H2,1-2H3. The SMILES string of the molecule is Cc1ccccc1C(C)C(=O)N1CCCC1. The van der Waals surface area contributed by atoms with Crippen LogP contribution in [0.25, 0.3) is 0 Å². The Hall–Kier alpha value is -1.31. The molecule has 1 saturated heterocycles. The average Bonchev–Trinajstić information content (AvgIpc) is 2.81. The van der Waals surface area contributed by atoms with Crippen LogP contribution in [0, 0.1) is 6.92 Å². The van der Waals surface area contributed by atoms with Gasteiger partial charge in [-0.25, -0.2) is 0 Å². The molecule has 0 aromatic heterocycles. The summed E-state index contributed by atoms with van der Waals surface area (Å²) in [6, 6.07) is 8.17. The van der Waals surface area contributed by atoms with Crippen molar-refractivity contribution in [1.82, 2.24) is 4.90 Å². The Balaban J connectivity index is 2.15. The minimum atomic E-state index is -0.000648. The zero-order valence-corrected chi connectivity index (χ0v) is 10.1. The van der Waals surface area contributed by atoms with E-state index in [0.29, 0.717) is 0 Å². The van der Waals surface area contributed by atoms with E-state index < -0.39 is 0 Å². The van der Waals surface area contributed by atoms with Gasteiger partial charge in [0.15, 0.2) is 0 Å². The van der Waals surface area contributed by atoms with E-state index in [9.17, 15) is 4.79 Å². The molecule has 86 valence electrons. The van der Waals surface area contributed by atoms with Gasteiger partial charge >= 0.3 is 0 Å². The zero-order valence-electron chi connectivity index (χ0n) is 10.1. The van der Waals surface area contributed by atoms with Crippen LogP contribution in [0.15, 0.2) is 24.3 Å². The van der Waals surface area contributed by atoms with E-state index in [-0.39, 0.29) is 11.8 Å². The van der Waals surface area contributed by atoms with Gasteiger partial charge in [-0.3, -0.25) is 4.79 Å². The van der Waals surface area contributed by atoms with Crippen LogP contribution in [0.4, 0.5) is 0 Å². The summed E-state index contributed by atoms with van der Waals surface area (Å²) < 4.78 is 0. The van der Waals surface area contributed by atoms with Crippen molar-refractivity contribution in [2.75, 3.05) is 13.1 Å². The van der Waals surface area contributed by atoms with Gasteiger partial charge < -0.3 is 4.90 Å². The fourth-order valence-electron chi connectivity index (χ4n) is 2.42. The van der Waals surface area contributed by atoms with Gasteiger partial charge in [0, 0.05) is 13.1 Å². The van der Waals surface area contributed by atoms with E-state index in [1.54, 1.807) is 0 Å². The molecule has 1 unspecified atom stereocenters. The predicted octanol–water partition coefficient (Wildman–Crippen LogP) is 2.72. The summed E-state index contributed by atoms with van der Waals surface area (Å²) in [5.41, 5.74) is 2.38. The van der Waals surface area contributed by atoms with Crippen LogP contribution in [0.3, 0.4) is 0 Å². The lowest BCUT2D eigenvalue weighted by Gasteiger charge is -2.21. The molecule has 2 rings (SSSR count). The van der Waals surface area contributed by atoms with E-state index in [4.69, 9.17) is 0 Å². The third-order valence-corrected chi connectivity index (χ3v) is 3.44. The minimum absolute atomic E-state index is 0.000648. The van der Waals surface area contributed by atoms with E-state index in [1.807, 2.05) is 24.0 Å². The molecule has 0 N–H and O–H groups in total. The first-order chi connectivity index (χ1) is 7.70. The molecule has 1 fully saturated rings. The summed E-state index contributed by atoms with van der Waals surface area (Å²) in [5.74, 6) is 0.283. The highest BCUT2D eigenvalue weighted by Gasteiger charge is 2.24. The molecule has 0 saturated carbocycles. The smallest absolute Gasteiger partial charge is 0.229 e. The van der Waals surface area contributed by atoms with Crippen LogP contribution in [0.2, 0.25) is 0 Å². The fraction of sp³-hybridized carbons (Fsp3) is 0.500. The normalized spacial score (nSPS) is 17.5. The second-order valence-electron chi connectivity index (χ2n) is 4.61. The predicted molar refractivity (Wildman–Crippen MR) is 65.4 cm³/mol. The minimum Gasteiger partial charge on any atom is -0.342 e. The molecule has 1 aliphatic heterocycles. The molecule has 1 aliphatic rings. The number of rotatable bonds is 2. The number of hydrogen-bond acceptors (Lipinski definition) is 1. The van der Waals surface area contributed by atoms with Crippen molar-refractivity contribution >= 4 is 5.91 Å². The maximum absolute atomic E-state index is 12.2. The van der Waals surface area contributed by atoms with Crippen LogP contribution < -0.4 is 0 Å². The molecule has 1 heterocycles. The van der Waals surface area contributed by atoms with Gasteiger partial charge in [-0.2, -0.15) is 0 Å². The number of carbonyl (C=O) groups is 1.